The van der Waals surface area contributed by atoms with Gasteiger partial charge in [0.15, 0.2) is 0 Å². The number of ether oxygens (including phenoxy) is 1. The van der Waals surface area contributed by atoms with Crippen LogP contribution in [0.3, 0.4) is 0 Å². The molecule has 0 spiro atoms. The third-order valence-electron chi connectivity index (χ3n) is 2.72. The molecule has 0 amide bonds. The minimum Gasteiger partial charge on any atom is -0.507 e. The Kier molecular flexibility index (Phi) is 3.79. The lowest BCUT2D eigenvalue weighted by Gasteiger charge is -2.19. The molecule has 0 fully saturated rings. The summed E-state index contributed by atoms with van der Waals surface area (Å²) in [7, 11) is 0. The van der Waals surface area contributed by atoms with Crippen LogP contribution in [0.1, 0.15) is 31.1 Å². The molecule has 2 aromatic rings. The average molecular weight is 270 g/mol. The molecule has 2 aromatic carbocycles. The van der Waals surface area contributed by atoms with Crippen LogP contribution in [0.4, 0.5) is 0 Å². The zero-order chi connectivity index (χ0) is 14.8. The molecule has 0 unspecified atom stereocenters. The second-order valence-corrected chi connectivity index (χ2v) is 5.60. The summed E-state index contributed by atoms with van der Waals surface area (Å²) in [5, 5.41) is 10.1. The second kappa shape index (κ2) is 5.37. The molecule has 0 heterocycles. The van der Waals surface area contributed by atoms with Crippen LogP contribution >= 0.6 is 0 Å². The fourth-order valence-electron chi connectivity index (χ4n) is 1.86. The monoisotopic (exact) mass is 270 g/mol. The number of rotatable bonds is 2. The van der Waals surface area contributed by atoms with Crippen LogP contribution in [0, 0.1) is 0 Å². The fourth-order valence-corrected chi connectivity index (χ4v) is 1.86. The molecule has 0 aromatic heterocycles. The molecule has 0 aliphatic carbocycles. The molecule has 1 N–H and O–H groups in total. The molecule has 0 saturated heterocycles. The highest BCUT2D eigenvalue weighted by Gasteiger charge is 2.18. The van der Waals surface area contributed by atoms with E-state index in [4.69, 9.17) is 4.74 Å². The number of carbonyl (C=O) groups excluding carboxylic acids is 1. The zero-order valence-corrected chi connectivity index (χ0v) is 11.9. The Hall–Kier alpha value is -2.29. The Morgan fingerprint density at radius 2 is 1.70 bits per heavy atom. The van der Waals surface area contributed by atoms with Crippen LogP contribution in [0.2, 0.25) is 0 Å². The van der Waals surface area contributed by atoms with E-state index in [2.05, 4.69) is 0 Å². The van der Waals surface area contributed by atoms with Crippen molar-refractivity contribution in [1.29, 1.82) is 0 Å². The first-order chi connectivity index (χ1) is 9.37. The summed E-state index contributed by atoms with van der Waals surface area (Å²) in [6.07, 6.45) is 0. The molecular formula is C17H18O3. The summed E-state index contributed by atoms with van der Waals surface area (Å²) in [4.78, 5) is 11.9. The van der Waals surface area contributed by atoms with Crippen LogP contribution in [0.25, 0.3) is 11.1 Å². The maximum Gasteiger partial charge on any atom is 0.338 e. The van der Waals surface area contributed by atoms with Crippen molar-refractivity contribution in [3.63, 3.8) is 0 Å². The van der Waals surface area contributed by atoms with Gasteiger partial charge in [-0.3, -0.25) is 0 Å². The van der Waals surface area contributed by atoms with E-state index in [1.807, 2.05) is 51.1 Å². The molecule has 0 bridgehead atoms. The van der Waals surface area contributed by atoms with E-state index >= 15 is 0 Å². The Bertz CT molecular complexity index is 610. The SMILES string of the molecule is CC(C)(C)OC(=O)c1ccc(-c2ccccc2)c(O)c1. The van der Waals surface area contributed by atoms with Crippen molar-refractivity contribution < 1.29 is 14.6 Å². The molecule has 104 valence electrons. The lowest BCUT2D eigenvalue weighted by Crippen LogP contribution is -2.23. The molecule has 3 heteroatoms. The second-order valence-electron chi connectivity index (χ2n) is 5.60. The molecule has 0 aliphatic heterocycles. The zero-order valence-electron chi connectivity index (χ0n) is 11.9. The Morgan fingerprint density at radius 3 is 2.25 bits per heavy atom. The highest BCUT2D eigenvalue weighted by Crippen LogP contribution is 2.30. The number of benzene rings is 2. The minimum atomic E-state index is -0.551. The van der Waals surface area contributed by atoms with Gasteiger partial charge in [-0.15, -0.1) is 0 Å². The summed E-state index contributed by atoms with van der Waals surface area (Å²) in [6, 6.07) is 14.4. The largest absolute Gasteiger partial charge is 0.507 e. The molecule has 20 heavy (non-hydrogen) atoms. The van der Waals surface area contributed by atoms with Crippen LogP contribution in [-0.4, -0.2) is 16.7 Å². The van der Waals surface area contributed by atoms with Crippen molar-refractivity contribution in [3.05, 3.63) is 54.1 Å². The van der Waals surface area contributed by atoms with Crippen molar-refractivity contribution in [1.82, 2.24) is 0 Å². The van der Waals surface area contributed by atoms with E-state index in [0.717, 1.165) is 5.56 Å². The van der Waals surface area contributed by atoms with E-state index in [1.165, 1.54) is 6.07 Å². The van der Waals surface area contributed by atoms with Crippen LogP contribution in [0.5, 0.6) is 5.75 Å². The summed E-state index contributed by atoms with van der Waals surface area (Å²) in [5.41, 5.74) is 1.39. The van der Waals surface area contributed by atoms with Crippen molar-refractivity contribution in [2.75, 3.05) is 0 Å². The molecule has 0 aliphatic rings. The molecule has 3 nitrogen and oxygen atoms in total. The highest BCUT2D eigenvalue weighted by molar-refractivity contribution is 5.91. The van der Waals surface area contributed by atoms with Crippen LogP contribution < -0.4 is 0 Å². The van der Waals surface area contributed by atoms with Crippen molar-refractivity contribution >= 4 is 5.97 Å². The van der Waals surface area contributed by atoms with Gasteiger partial charge in [0.05, 0.1) is 5.56 Å². The summed E-state index contributed by atoms with van der Waals surface area (Å²) >= 11 is 0. The maximum absolute atomic E-state index is 11.9. The Labute approximate surface area is 118 Å². The van der Waals surface area contributed by atoms with E-state index in [-0.39, 0.29) is 5.75 Å². The molecular weight excluding hydrogens is 252 g/mol. The number of phenolic OH excluding ortho intramolecular Hbond substituents is 1. The molecule has 0 saturated carbocycles. The van der Waals surface area contributed by atoms with Gasteiger partial charge in [-0.05, 0) is 44.5 Å². The predicted molar refractivity (Wildman–Crippen MR) is 78.7 cm³/mol. The van der Waals surface area contributed by atoms with Gasteiger partial charge in [-0.25, -0.2) is 4.79 Å². The van der Waals surface area contributed by atoms with Gasteiger partial charge in [-0.1, -0.05) is 30.3 Å². The minimum absolute atomic E-state index is 0.0690. The normalized spacial score (nSPS) is 11.2. The summed E-state index contributed by atoms with van der Waals surface area (Å²) in [5.74, 6) is -0.369. The first-order valence-corrected chi connectivity index (χ1v) is 6.48. The highest BCUT2D eigenvalue weighted by atomic mass is 16.6. The molecule has 0 atom stereocenters. The lowest BCUT2D eigenvalue weighted by atomic mass is 10.0. The van der Waals surface area contributed by atoms with Gasteiger partial charge >= 0.3 is 5.97 Å². The molecule has 0 radical (unpaired) electrons. The molecule has 2 rings (SSSR count). The van der Waals surface area contributed by atoms with E-state index in [0.29, 0.717) is 11.1 Å². The predicted octanol–water partition coefficient (Wildman–Crippen LogP) is 4.01. The van der Waals surface area contributed by atoms with Crippen LogP contribution in [0.15, 0.2) is 48.5 Å². The number of aromatic hydroxyl groups is 1. The Balaban J connectivity index is 2.29. The summed E-state index contributed by atoms with van der Waals surface area (Å²) in [6.45, 7) is 5.43. The van der Waals surface area contributed by atoms with Gasteiger partial charge < -0.3 is 9.84 Å². The van der Waals surface area contributed by atoms with Gasteiger partial charge in [0, 0.05) is 5.56 Å². The maximum atomic E-state index is 11.9. The van der Waals surface area contributed by atoms with E-state index < -0.39 is 11.6 Å². The number of esters is 1. The topological polar surface area (TPSA) is 46.5 Å². The van der Waals surface area contributed by atoms with Crippen molar-refractivity contribution in [2.24, 2.45) is 0 Å². The van der Waals surface area contributed by atoms with Gasteiger partial charge in [0.25, 0.3) is 0 Å². The fraction of sp³-hybridized carbons (Fsp3) is 0.235. The number of hydrogen-bond acceptors (Lipinski definition) is 3. The van der Waals surface area contributed by atoms with Crippen molar-refractivity contribution in [2.45, 2.75) is 26.4 Å². The third kappa shape index (κ3) is 3.38. The average Bonchev–Trinajstić information content (AvgIpc) is 2.37. The van der Waals surface area contributed by atoms with Crippen molar-refractivity contribution in [3.8, 4) is 16.9 Å². The first-order valence-electron chi connectivity index (χ1n) is 6.48. The Morgan fingerprint density at radius 1 is 1.05 bits per heavy atom. The number of phenols is 1. The lowest BCUT2D eigenvalue weighted by molar-refractivity contribution is 0.00691. The van der Waals surface area contributed by atoms with E-state index in [1.54, 1.807) is 12.1 Å². The van der Waals surface area contributed by atoms with Gasteiger partial charge in [0.2, 0.25) is 0 Å². The summed E-state index contributed by atoms with van der Waals surface area (Å²) < 4.78 is 5.27. The number of hydrogen-bond donors (Lipinski definition) is 1. The van der Waals surface area contributed by atoms with Gasteiger partial charge in [-0.2, -0.15) is 0 Å². The quantitative estimate of drug-likeness (QED) is 0.838. The first kappa shape index (κ1) is 14.1. The smallest absolute Gasteiger partial charge is 0.338 e. The van der Waals surface area contributed by atoms with Crippen LogP contribution in [-0.2, 0) is 4.74 Å². The van der Waals surface area contributed by atoms with Gasteiger partial charge in [0.1, 0.15) is 11.4 Å². The number of carbonyl (C=O) groups is 1. The van der Waals surface area contributed by atoms with E-state index in [9.17, 15) is 9.90 Å². The third-order valence-corrected chi connectivity index (χ3v) is 2.72. The standard InChI is InChI=1S/C17H18O3/c1-17(2,3)20-16(19)13-9-10-14(15(18)11-13)12-7-5-4-6-8-12/h4-11,18H,1-3H3.